The van der Waals surface area contributed by atoms with Crippen molar-refractivity contribution in [2.45, 2.75) is 0 Å². The van der Waals surface area contributed by atoms with Crippen LogP contribution in [-0.4, -0.2) is 38.4 Å². The Balaban J connectivity index is 3.03. The zero-order valence-corrected chi connectivity index (χ0v) is 11.0. The molecule has 0 atom stereocenters. The van der Waals surface area contributed by atoms with E-state index in [4.69, 9.17) is 0 Å². The van der Waals surface area contributed by atoms with Gasteiger partial charge in [-0.05, 0) is 18.2 Å². The van der Waals surface area contributed by atoms with Gasteiger partial charge in [-0.25, -0.2) is 9.79 Å². The number of hydrogen-bond acceptors (Lipinski definition) is 3. The molecule has 16 heavy (non-hydrogen) atoms. The lowest BCUT2D eigenvalue weighted by Crippen LogP contribution is -2.07. The van der Waals surface area contributed by atoms with Gasteiger partial charge in [0.05, 0.1) is 24.7 Å². The van der Waals surface area contributed by atoms with E-state index in [0.29, 0.717) is 11.3 Å². The molecular weight excluding hydrogens is 272 g/mol. The van der Waals surface area contributed by atoms with E-state index in [2.05, 4.69) is 25.7 Å². The molecule has 1 rings (SSSR count). The molecule has 0 aliphatic carbocycles. The molecule has 0 bridgehead atoms. The van der Waals surface area contributed by atoms with Crippen LogP contribution in [-0.2, 0) is 4.74 Å². The summed E-state index contributed by atoms with van der Waals surface area (Å²) in [5, 5.41) is 0. The molecule has 0 spiro atoms. The third-order valence-electron chi connectivity index (χ3n) is 1.74. The number of esters is 1. The van der Waals surface area contributed by atoms with Crippen molar-refractivity contribution >= 4 is 33.9 Å². The molecule has 0 saturated carbocycles. The van der Waals surface area contributed by atoms with E-state index in [-0.39, 0.29) is 5.97 Å². The molecule has 0 aromatic heterocycles. The Morgan fingerprint density at radius 3 is 2.69 bits per heavy atom. The predicted molar refractivity (Wildman–Crippen MR) is 67.3 cm³/mol. The number of methoxy groups -OCH3 is 1. The number of carbonyl (C=O) groups excluding carboxylic acids is 1. The van der Waals surface area contributed by atoms with Crippen molar-refractivity contribution in [2.75, 3.05) is 21.2 Å². The summed E-state index contributed by atoms with van der Waals surface area (Å²) in [5.74, 6) is -0.373. The van der Waals surface area contributed by atoms with E-state index in [1.165, 1.54) is 7.11 Å². The van der Waals surface area contributed by atoms with E-state index < -0.39 is 0 Å². The number of hydrogen-bond donors (Lipinski definition) is 0. The second-order valence-corrected chi connectivity index (χ2v) is 4.31. The van der Waals surface area contributed by atoms with E-state index in [1.54, 1.807) is 18.5 Å². The van der Waals surface area contributed by atoms with Gasteiger partial charge >= 0.3 is 5.97 Å². The minimum absolute atomic E-state index is 0.373. The molecule has 0 saturated heterocycles. The fourth-order valence-corrected chi connectivity index (χ4v) is 1.55. The van der Waals surface area contributed by atoms with Crippen LogP contribution in [0.3, 0.4) is 0 Å². The van der Waals surface area contributed by atoms with Crippen LogP contribution in [0.2, 0.25) is 0 Å². The summed E-state index contributed by atoms with van der Waals surface area (Å²) in [4.78, 5) is 17.4. The summed E-state index contributed by atoms with van der Waals surface area (Å²) in [5.41, 5.74) is 1.17. The molecule has 5 heteroatoms. The van der Waals surface area contributed by atoms with Crippen LogP contribution in [0.1, 0.15) is 10.4 Å². The molecule has 1 aromatic carbocycles. The van der Waals surface area contributed by atoms with E-state index in [0.717, 1.165) is 4.47 Å². The Morgan fingerprint density at radius 1 is 1.44 bits per heavy atom. The normalized spacial score (nSPS) is 10.5. The summed E-state index contributed by atoms with van der Waals surface area (Å²) in [6.07, 6.45) is 1.67. The first kappa shape index (κ1) is 12.7. The van der Waals surface area contributed by atoms with Gasteiger partial charge in [0.25, 0.3) is 0 Å². The van der Waals surface area contributed by atoms with Crippen LogP contribution in [0.4, 0.5) is 5.69 Å². The van der Waals surface area contributed by atoms with E-state index in [1.807, 2.05) is 25.1 Å². The molecule has 0 aliphatic rings. The van der Waals surface area contributed by atoms with Gasteiger partial charge in [-0.15, -0.1) is 0 Å². The molecular formula is C11H13BrN2O2. The number of ether oxygens (including phenoxy) is 1. The Morgan fingerprint density at radius 2 is 2.12 bits per heavy atom. The van der Waals surface area contributed by atoms with Crippen molar-refractivity contribution in [3.8, 4) is 0 Å². The Bertz CT molecular complexity index is 416. The van der Waals surface area contributed by atoms with Gasteiger partial charge in [0.1, 0.15) is 0 Å². The van der Waals surface area contributed by atoms with Crippen LogP contribution in [0.15, 0.2) is 27.7 Å². The predicted octanol–water partition coefficient (Wildman–Crippen LogP) is 2.46. The minimum atomic E-state index is -0.373. The first-order valence-corrected chi connectivity index (χ1v) is 5.41. The van der Waals surface area contributed by atoms with Crippen LogP contribution in [0, 0.1) is 0 Å². The SMILES string of the molecule is COC(=O)c1cc(Br)cc(/N=C/N(C)C)c1. The van der Waals surface area contributed by atoms with Crippen molar-refractivity contribution in [1.29, 1.82) is 0 Å². The lowest BCUT2D eigenvalue weighted by atomic mass is 10.2. The first-order chi connectivity index (χ1) is 7.52. The van der Waals surface area contributed by atoms with Gasteiger partial charge in [0, 0.05) is 18.6 Å². The van der Waals surface area contributed by atoms with Gasteiger partial charge in [0.15, 0.2) is 0 Å². The Kier molecular flexibility index (Phi) is 4.49. The van der Waals surface area contributed by atoms with Crippen molar-refractivity contribution < 1.29 is 9.53 Å². The van der Waals surface area contributed by atoms with Gasteiger partial charge < -0.3 is 9.64 Å². The lowest BCUT2D eigenvalue weighted by molar-refractivity contribution is 0.0600. The maximum absolute atomic E-state index is 11.4. The molecule has 0 unspecified atom stereocenters. The topological polar surface area (TPSA) is 41.9 Å². The standard InChI is InChI=1S/C11H13BrN2O2/c1-14(2)7-13-10-5-8(11(15)16-3)4-9(12)6-10/h4-7H,1-3H3/b13-7+. The number of rotatable bonds is 3. The number of halogens is 1. The van der Waals surface area contributed by atoms with E-state index in [9.17, 15) is 4.79 Å². The average Bonchev–Trinajstić information content (AvgIpc) is 2.24. The minimum Gasteiger partial charge on any atom is -0.465 e. The van der Waals surface area contributed by atoms with E-state index >= 15 is 0 Å². The van der Waals surface area contributed by atoms with Gasteiger partial charge in [-0.3, -0.25) is 0 Å². The molecule has 0 fully saturated rings. The maximum Gasteiger partial charge on any atom is 0.337 e. The second kappa shape index (κ2) is 5.65. The summed E-state index contributed by atoms with van der Waals surface area (Å²) in [6.45, 7) is 0. The third kappa shape index (κ3) is 3.66. The largest absolute Gasteiger partial charge is 0.465 e. The summed E-state index contributed by atoms with van der Waals surface area (Å²) in [6, 6.07) is 5.20. The van der Waals surface area contributed by atoms with Gasteiger partial charge in [-0.1, -0.05) is 15.9 Å². The molecule has 4 nitrogen and oxygen atoms in total. The molecule has 0 N–H and O–H groups in total. The zero-order valence-electron chi connectivity index (χ0n) is 9.40. The summed E-state index contributed by atoms with van der Waals surface area (Å²) < 4.78 is 5.44. The average molecular weight is 285 g/mol. The quantitative estimate of drug-likeness (QED) is 0.486. The lowest BCUT2D eigenvalue weighted by Gasteiger charge is -2.04. The number of carbonyl (C=O) groups is 1. The fourth-order valence-electron chi connectivity index (χ4n) is 1.07. The molecule has 0 aliphatic heterocycles. The zero-order chi connectivity index (χ0) is 12.1. The van der Waals surface area contributed by atoms with Gasteiger partial charge in [-0.2, -0.15) is 0 Å². The maximum atomic E-state index is 11.4. The highest BCUT2D eigenvalue weighted by molar-refractivity contribution is 9.10. The monoisotopic (exact) mass is 284 g/mol. The molecule has 0 heterocycles. The highest BCUT2D eigenvalue weighted by Crippen LogP contribution is 2.22. The Hall–Kier alpha value is -1.36. The molecule has 0 radical (unpaired) electrons. The first-order valence-electron chi connectivity index (χ1n) is 4.62. The summed E-state index contributed by atoms with van der Waals surface area (Å²) in [7, 11) is 5.11. The van der Waals surface area contributed by atoms with Crippen molar-refractivity contribution in [3.05, 3.63) is 28.2 Å². The fraction of sp³-hybridized carbons (Fsp3) is 0.273. The van der Waals surface area contributed by atoms with Crippen molar-refractivity contribution in [2.24, 2.45) is 4.99 Å². The number of aliphatic imine (C=N–C) groups is 1. The van der Waals surface area contributed by atoms with Gasteiger partial charge in [0.2, 0.25) is 0 Å². The van der Waals surface area contributed by atoms with Crippen LogP contribution < -0.4 is 0 Å². The number of benzene rings is 1. The van der Waals surface area contributed by atoms with Crippen LogP contribution in [0.25, 0.3) is 0 Å². The van der Waals surface area contributed by atoms with Crippen molar-refractivity contribution in [3.63, 3.8) is 0 Å². The molecule has 0 amide bonds. The smallest absolute Gasteiger partial charge is 0.337 e. The summed E-state index contributed by atoms with van der Waals surface area (Å²) >= 11 is 3.32. The highest BCUT2D eigenvalue weighted by atomic mass is 79.9. The second-order valence-electron chi connectivity index (χ2n) is 3.40. The number of nitrogens with zero attached hydrogens (tertiary/aromatic N) is 2. The van der Waals surface area contributed by atoms with Crippen molar-refractivity contribution in [1.82, 2.24) is 4.90 Å². The Labute approximate surface area is 103 Å². The molecule has 86 valence electrons. The molecule has 1 aromatic rings. The highest BCUT2D eigenvalue weighted by Gasteiger charge is 2.07. The third-order valence-corrected chi connectivity index (χ3v) is 2.20. The van der Waals surface area contributed by atoms with Crippen LogP contribution in [0.5, 0.6) is 0 Å². The van der Waals surface area contributed by atoms with Crippen LogP contribution >= 0.6 is 15.9 Å².